The Balaban J connectivity index is 1.54. The van der Waals surface area contributed by atoms with Crippen molar-refractivity contribution in [3.63, 3.8) is 0 Å². The number of aryl methyl sites for hydroxylation is 1. The van der Waals surface area contributed by atoms with Crippen LogP contribution in [0.3, 0.4) is 0 Å². The van der Waals surface area contributed by atoms with Gasteiger partial charge in [0.25, 0.3) is 5.91 Å². The van der Waals surface area contributed by atoms with Crippen LogP contribution >= 0.6 is 11.8 Å². The summed E-state index contributed by atoms with van der Waals surface area (Å²) in [5.41, 5.74) is 1.91. The summed E-state index contributed by atoms with van der Waals surface area (Å²) in [5, 5.41) is 2.92. The average Bonchev–Trinajstić information content (AvgIpc) is 3.46. The summed E-state index contributed by atoms with van der Waals surface area (Å²) in [6.45, 7) is 2.04. The molecule has 1 atom stereocenters. The molecule has 0 heterocycles. The lowest BCUT2D eigenvalue weighted by Gasteiger charge is -2.18. The molecule has 0 aliphatic heterocycles. The minimum atomic E-state index is -0.881. The molecule has 3 rings (SSSR count). The number of nitrogens with one attached hydrogen (secondary N) is 1. The van der Waals surface area contributed by atoms with Crippen molar-refractivity contribution in [2.45, 2.75) is 43.2 Å². The van der Waals surface area contributed by atoms with Crippen molar-refractivity contribution in [2.24, 2.45) is 0 Å². The molecule has 0 aromatic heterocycles. The van der Waals surface area contributed by atoms with Gasteiger partial charge >= 0.3 is 5.97 Å². The monoisotopic (exact) mass is 369 g/mol. The van der Waals surface area contributed by atoms with Gasteiger partial charge in [0.05, 0.1) is 6.42 Å². The van der Waals surface area contributed by atoms with Crippen LogP contribution in [-0.2, 0) is 14.3 Å². The van der Waals surface area contributed by atoms with Gasteiger partial charge < -0.3 is 10.1 Å². The molecule has 1 aliphatic carbocycles. The highest BCUT2D eigenvalue weighted by molar-refractivity contribution is 7.99. The van der Waals surface area contributed by atoms with E-state index in [2.05, 4.69) is 5.32 Å². The number of benzene rings is 2. The molecule has 0 saturated heterocycles. The van der Waals surface area contributed by atoms with Crippen molar-refractivity contribution < 1.29 is 14.3 Å². The molecular weight excluding hydrogens is 346 g/mol. The van der Waals surface area contributed by atoms with Gasteiger partial charge in [-0.3, -0.25) is 9.59 Å². The molecule has 1 fully saturated rings. The fraction of sp³-hybridized carbons (Fsp3) is 0.333. The molecule has 26 heavy (non-hydrogen) atoms. The molecule has 0 spiro atoms. The van der Waals surface area contributed by atoms with Crippen LogP contribution in [0.1, 0.15) is 36.5 Å². The van der Waals surface area contributed by atoms with E-state index in [1.54, 1.807) is 11.8 Å². The SMILES string of the molecule is Cc1ccc(SCCC(=O)O[C@@H](C(=O)NC2CC2)c2ccccc2)cc1. The Morgan fingerprint density at radius 2 is 1.81 bits per heavy atom. The largest absolute Gasteiger partial charge is 0.447 e. The first-order valence-corrected chi connectivity index (χ1v) is 9.84. The van der Waals surface area contributed by atoms with Crippen molar-refractivity contribution in [1.82, 2.24) is 5.32 Å². The summed E-state index contributed by atoms with van der Waals surface area (Å²) in [6, 6.07) is 17.6. The van der Waals surface area contributed by atoms with Crippen molar-refractivity contribution in [1.29, 1.82) is 0 Å². The minimum absolute atomic E-state index is 0.226. The quantitative estimate of drug-likeness (QED) is 0.564. The van der Waals surface area contributed by atoms with Crippen molar-refractivity contribution >= 4 is 23.6 Å². The maximum absolute atomic E-state index is 12.5. The van der Waals surface area contributed by atoms with E-state index in [1.807, 2.05) is 61.5 Å². The van der Waals surface area contributed by atoms with Crippen molar-refractivity contribution in [3.8, 4) is 0 Å². The van der Waals surface area contributed by atoms with E-state index in [0.717, 1.165) is 17.7 Å². The van der Waals surface area contributed by atoms with Gasteiger partial charge in [0.1, 0.15) is 0 Å². The summed E-state index contributed by atoms with van der Waals surface area (Å²) in [4.78, 5) is 25.8. The van der Waals surface area contributed by atoms with Crippen LogP contribution in [0.4, 0.5) is 0 Å². The fourth-order valence-electron chi connectivity index (χ4n) is 2.48. The first kappa shape index (κ1) is 18.5. The molecule has 0 unspecified atom stereocenters. The number of amides is 1. The van der Waals surface area contributed by atoms with E-state index < -0.39 is 6.10 Å². The van der Waals surface area contributed by atoms with E-state index in [4.69, 9.17) is 4.74 Å². The molecule has 5 heteroatoms. The van der Waals surface area contributed by atoms with Gasteiger partial charge in [0.15, 0.2) is 0 Å². The van der Waals surface area contributed by atoms with E-state index in [1.165, 1.54) is 5.56 Å². The van der Waals surface area contributed by atoms with Crippen LogP contribution in [0.15, 0.2) is 59.5 Å². The maximum atomic E-state index is 12.5. The molecule has 2 aromatic rings. The number of carbonyl (C=O) groups excluding carboxylic acids is 2. The van der Waals surface area contributed by atoms with Crippen LogP contribution in [0.5, 0.6) is 0 Å². The average molecular weight is 369 g/mol. The molecule has 4 nitrogen and oxygen atoms in total. The number of esters is 1. The first-order chi connectivity index (χ1) is 12.6. The van der Waals surface area contributed by atoms with E-state index in [-0.39, 0.29) is 24.3 Å². The zero-order valence-corrected chi connectivity index (χ0v) is 15.6. The van der Waals surface area contributed by atoms with Gasteiger partial charge in [-0.1, -0.05) is 48.0 Å². The Kier molecular flexibility index (Phi) is 6.34. The highest BCUT2D eigenvalue weighted by atomic mass is 32.2. The van der Waals surface area contributed by atoms with E-state index >= 15 is 0 Å². The maximum Gasteiger partial charge on any atom is 0.307 e. The molecule has 0 bridgehead atoms. The summed E-state index contributed by atoms with van der Waals surface area (Å²) in [5.74, 6) is 0.0239. The zero-order chi connectivity index (χ0) is 18.4. The topological polar surface area (TPSA) is 55.4 Å². The Morgan fingerprint density at radius 1 is 1.12 bits per heavy atom. The number of ether oxygens (including phenoxy) is 1. The summed E-state index contributed by atoms with van der Waals surface area (Å²) < 4.78 is 5.52. The molecule has 136 valence electrons. The Morgan fingerprint density at radius 3 is 2.46 bits per heavy atom. The van der Waals surface area contributed by atoms with Crippen LogP contribution in [0.2, 0.25) is 0 Å². The molecule has 2 aromatic carbocycles. The minimum Gasteiger partial charge on any atom is -0.447 e. The van der Waals surface area contributed by atoms with Gasteiger partial charge in [-0.25, -0.2) is 0 Å². The van der Waals surface area contributed by atoms with Crippen LogP contribution < -0.4 is 5.32 Å². The Hall–Kier alpha value is -2.27. The standard InChI is InChI=1S/C21H23NO3S/c1-15-7-11-18(12-8-15)26-14-13-19(23)25-20(16-5-3-2-4-6-16)21(24)22-17-9-10-17/h2-8,11-12,17,20H,9-10,13-14H2,1H3,(H,22,24)/t20-/m1/s1. The number of hydrogen-bond acceptors (Lipinski definition) is 4. The van der Waals surface area contributed by atoms with Gasteiger partial charge in [-0.2, -0.15) is 0 Å². The number of hydrogen-bond donors (Lipinski definition) is 1. The lowest BCUT2D eigenvalue weighted by molar-refractivity contribution is -0.156. The second-order valence-electron chi connectivity index (χ2n) is 6.47. The Bertz CT molecular complexity index is 742. The lowest BCUT2D eigenvalue weighted by atomic mass is 10.1. The molecule has 1 saturated carbocycles. The molecule has 0 radical (unpaired) electrons. The Labute approximate surface area is 158 Å². The number of carbonyl (C=O) groups is 2. The molecule has 1 aliphatic rings. The smallest absolute Gasteiger partial charge is 0.307 e. The number of rotatable bonds is 8. The zero-order valence-electron chi connectivity index (χ0n) is 14.8. The van der Waals surface area contributed by atoms with Crippen molar-refractivity contribution in [3.05, 3.63) is 65.7 Å². The molecule has 1 N–H and O–H groups in total. The highest BCUT2D eigenvalue weighted by Gasteiger charge is 2.30. The second-order valence-corrected chi connectivity index (χ2v) is 7.64. The third kappa shape index (κ3) is 5.63. The van der Waals surface area contributed by atoms with Crippen LogP contribution in [-0.4, -0.2) is 23.7 Å². The van der Waals surface area contributed by atoms with Gasteiger partial charge in [-0.05, 0) is 31.9 Å². The van der Waals surface area contributed by atoms with Crippen molar-refractivity contribution in [2.75, 3.05) is 5.75 Å². The van der Waals surface area contributed by atoms with E-state index in [9.17, 15) is 9.59 Å². The third-order valence-corrected chi connectivity index (χ3v) is 5.12. The predicted octanol–water partition coefficient (Wildman–Crippen LogP) is 4.04. The van der Waals surface area contributed by atoms with Gasteiger partial charge in [-0.15, -0.1) is 11.8 Å². The van der Waals surface area contributed by atoms with Gasteiger partial charge in [0.2, 0.25) is 6.10 Å². The van der Waals surface area contributed by atoms with Crippen LogP contribution in [0.25, 0.3) is 0 Å². The lowest BCUT2D eigenvalue weighted by Crippen LogP contribution is -2.33. The molecule has 1 amide bonds. The third-order valence-electron chi connectivity index (χ3n) is 4.11. The van der Waals surface area contributed by atoms with Gasteiger partial charge in [0, 0.05) is 22.3 Å². The summed E-state index contributed by atoms with van der Waals surface area (Å²) in [7, 11) is 0. The predicted molar refractivity (Wildman–Crippen MR) is 103 cm³/mol. The number of thioether (sulfide) groups is 1. The van der Waals surface area contributed by atoms with Crippen LogP contribution in [0, 0.1) is 6.92 Å². The fourth-order valence-corrected chi connectivity index (χ4v) is 3.32. The molecular formula is C21H23NO3S. The second kappa shape index (κ2) is 8.90. The normalized spacial score (nSPS) is 14.5. The first-order valence-electron chi connectivity index (χ1n) is 8.86. The highest BCUT2D eigenvalue weighted by Crippen LogP contribution is 2.24. The summed E-state index contributed by atoms with van der Waals surface area (Å²) in [6.07, 6.45) is 1.37. The van der Waals surface area contributed by atoms with E-state index in [0.29, 0.717) is 11.3 Å². The summed E-state index contributed by atoms with van der Waals surface area (Å²) >= 11 is 1.61.